The number of benzene rings is 1. The van der Waals surface area contributed by atoms with E-state index in [1.165, 1.54) is 17.4 Å². The number of halogens is 1. The fourth-order valence-electron chi connectivity index (χ4n) is 1.07. The third-order valence-corrected chi connectivity index (χ3v) is 2.72. The average molecular weight is 209 g/mol. The Kier molecular flexibility index (Phi) is 2.41. The molecule has 0 atom stereocenters. The zero-order valence-corrected chi connectivity index (χ0v) is 8.31. The second-order valence-electron chi connectivity index (χ2n) is 2.64. The smallest absolute Gasteiger partial charge is 0.205 e. The van der Waals surface area contributed by atoms with Gasteiger partial charge >= 0.3 is 0 Å². The summed E-state index contributed by atoms with van der Waals surface area (Å²) >= 11 is 1.33. The summed E-state index contributed by atoms with van der Waals surface area (Å²) in [7, 11) is 1.76. The molecular formula is C9H8FN3S. The topological polar surface area (TPSA) is 37.8 Å². The number of aromatic nitrogens is 2. The first-order valence-electron chi connectivity index (χ1n) is 4.07. The quantitative estimate of drug-likeness (QED) is 0.825. The van der Waals surface area contributed by atoms with Gasteiger partial charge in [-0.15, -0.1) is 10.2 Å². The van der Waals surface area contributed by atoms with Crippen LogP contribution in [0.4, 0.5) is 9.52 Å². The predicted molar refractivity (Wildman–Crippen MR) is 54.8 cm³/mol. The minimum Gasteiger partial charge on any atom is -0.363 e. The Morgan fingerprint density at radius 3 is 2.71 bits per heavy atom. The third-order valence-electron chi connectivity index (χ3n) is 1.74. The van der Waals surface area contributed by atoms with Gasteiger partial charge < -0.3 is 5.32 Å². The summed E-state index contributed by atoms with van der Waals surface area (Å²) in [6.07, 6.45) is 0. The van der Waals surface area contributed by atoms with Crippen molar-refractivity contribution in [2.75, 3.05) is 12.4 Å². The predicted octanol–water partition coefficient (Wildman–Crippen LogP) is 2.39. The van der Waals surface area contributed by atoms with Gasteiger partial charge in [-0.3, -0.25) is 0 Å². The van der Waals surface area contributed by atoms with Crippen molar-refractivity contribution in [2.45, 2.75) is 0 Å². The standard InChI is InChI=1S/C9H8FN3S/c1-11-9-13-12-8(14-9)6-4-2-3-5-7(6)10/h2-5H,1H3,(H,11,13). The molecule has 0 saturated carbocycles. The highest BCUT2D eigenvalue weighted by molar-refractivity contribution is 7.18. The molecule has 1 aromatic heterocycles. The van der Waals surface area contributed by atoms with E-state index in [2.05, 4.69) is 15.5 Å². The van der Waals surface area contributed by atoms with Crippen molar-refractivity contribution in [1.82, 2.24) is 10.2 Å². The maximum atomic E-state index is 13.3. The van der Waals surface area contributed by atoms with Gasteiger partial charge in [-0.2, -0.15) is 0 Å². The normalized spacial score (nSPS) is 10.1. The minimum atomic E-state index is -0.272. The second kappa shape index (κ2) is 3.71. The summed E-state index contributed by atoms with van der Waals surface area (Å²) in [6, 6.07) is 6.53. The van der Waals surface area contributed by atoms with E-state index in [0.717, 1.165) is 0 Å². The highest BCUT2D eigenvalue weighted by atomic mass is 32.1. The number of nitrogens with zero attached hydrogens (tertiary/aromatic N) is 2. The molecule has 1 N–H and O–H groups in total. The molecule has 0 aliphatic carbocycles. The van der Waals surface area contributed by atoms with Crippen LogP contribution >= 0.6 is 11.3 Å². The first kappa shape index (κ1) is 9.08. The molecule has 5 heteroatoms. The highest BCUT2D eigenvalue weighted by Crippen LogP contribution is 2.27. The van der Waals surface area contributed by atoms with Crippen LogP contribution in [0, 0.1) is 5.82 Å². The summed E-state index contributed by atoms with van der Waals surface area (Å²) in [4.78, 5) is 0. The van der Waals surface area contributed by atoms with E-state index in [1.807, 2.05) is 0 Å². The zero-order chi connectivity index (χ0) is 9.97. The molecule has 0 amide bonds. The molecule has 2 aromatic rings. The molecule has 0 unspecified atom stereocenters. The van der Waals surface area contributed by atoms with E-state index in [0.29, 0.717) is 15.7 Å². The fourth-order valence-corrected chi connectivity index (χ4v) is 1.79. The van der Waals surface area contributed by atoms with Crippen LogP contribution in [-0.4, -0.2) is 17.2 Å². The van der Waals surface area contributed by atoms with Crippen LogP contribution in [0.5, 0.6) is 0 Å². The lowest BCUT2D eigenvalue weighted by Crippen LogP contribution is -1.84. The van der Waals surface area contributed by atoms with Crippen molar-refractivity contribution in [1.29, 1.82) is 0 Å². The lowest BCUT2D eigenvalue weighted by Gasteiger charge is -1.95. The molecule has 1 aromatic carbocycles. The van der Waals surface area contributed by atoms with Gasteiger partial charge in [-0.05, 0) is 12.1 Å². The van der Waals surface area contributed by atoms with Gasteiger partial charge in [0, 0.05) is 12.6 Å². The average Bonchev–Trinajstić information content (AvgIpc) is 2.67. The molecule has 0 spiro atoms. The van der Waals surface area contributed by atoms with E-state index in [-0.39, 0.29) is 5.82 Å². The van der Waals surface area contributed by atoms with Crippen LogP contribution in [0.1, 0.15) is 0 Å². The number of hydrogen-bond acceptors (Lipinski definition) is 4. The number of hydrogen-bond donors (Lipinski definition) is 1. The minimum absolute atomic E-state index is 0.272. The molecule has 0 saturated heterocycles. The molecule has 72 valence electrons. The van der Waals surface area contributed by atoms with Crippen molar-refractivity contribution in [3.63, 3.8) is 0 Å². The van der Waals surface area contributed by atoms with Crippen LogP contribution < -0.4 is 5.32 Å². The molecule has 2 rings (SSSR count). The van der Waals surface area contributed by atoms with Gasteiger partial charge in [0.2, 0.25) is 5.13 Å². The highest BCUT2D eigenvalue weighted by Gasteiger charge is 2.09. The van der Waals surface area contributed by atoms with Gasteiger partial charge in [-0.1, -0.05) is 23.5 Å². The monoisotopic (exact) mass is 209 g/mol. The maximum absolute atomic E-state index is 13.3. The summed E-state index contributed by atoms with van der Waals surface area (Å²) in [6.45, 7) is 0. The van der Waals surface area contributed by atoms with E-state index in [4.69, 9.17) is 0 Å². The Bertz CT molecular complexity index is 441. The summed E-state index contributed by atoms with van der Waals surface area (Å²) < 4.78 is 13.3. The van der Waals surface area contributed by atoms with Gasteiger partial charge in [0.1, 0.15) is 5.82 Å². The Morgan fingerprint density at radius 1 is 1.29 bits per heavy atom. The van der Waals surface area contributed by atoms with Crippen molar-refractivity contribution in [3.8, 4) is 10.6 Å². The first-order valence-corrected chi connectivity index (χ1v) is 4.89. The lowest BCUT2D eigenvalue weighted by molar-refractivity contribution is 0.631. The Morgan fingerprint density at radius 2 is 2.07 bits per heavy atom. The Labute approximate surface area is 84.6 Å². The zero-order valence-electron chi connectivity index (χ0n) is 7.49. The van der Waals surface area contributed by atoms with E-state index in [9.17, 15) is 4.39 Å². The maximum Gasteiger partial charge on any atom is 0.205 e. The fraction of sp³-hybridized carbons (Fsp3) is 0.111. The molecule has 0 radical (unpaired) electrons. The van der Waals surface area contributed by atoms with Crippen LogP contribution in [0.3, 0.4) is 0 Å². The third kappa shape index (κ3) is 1.58. The molecule has 3 nitrogen and oxygen atoms in total. The molecule has 0 aliphatic heterocycles. The largest absolute Gasteiger partial charge is 0.363 e. The van der Waals surface area contributed by atoms with Gasteiger partial charge in [-0.25, -0.2) is 4.39 Å². The van der Waals surface area contributed by atoms with Crippen LogP contribution in [0.25, 0.3) is 10.6 Å². The molecule has 1 heterocycles. The van der Waals surface area contributed by atoms with Gasteiger partial charge in [0.25, 0.3) is 0 Å². The van der Waals surface area contributed by atoms with E-state index < -0.39 is 0 Å². The molecule has 0 fully saturated rings. The summed E-state index contributed by atoms with van der Waals surface area (Å²) in [5.74, 6) is -0.272. The number of rotatable bonds is 2. The lowest BCUT2D eigenvalue weighted by atomic mass is 10.2. The number of nitrogens with one attached hydrogen (secondary N) is 1. The molecule has 14 heavy (non-hydrogen) atoms. The SMILES string of the molecule is CNc1nnc(-c2ccccc2F)s1. The molecule has 0 aliphatic rings. The Balaban J connectivity index is 2.44. The van der Waals surface area contributed by atoms with Crippen molar-refractivity contribution in [2.24, 2.45) is 0 Å². The molecular weight excluding hydrogens is 201 g/mol. The summed E-state index contributed by atoms with van der Waals surface area (Å²) in [5.41, 5.74) is 0.492. The Hall–Kier alpha value is -1.49. The van der Waals surface area contributed by atoms with Crippen molar-refractivity contribution in [3.05, 3.63) is 30.1 Å². The van der Waals surface area contributed by atoms with E-state index in [1.54, 1.807) is 25.2 Å². The number of anilines is 1. The van der Waals surface area contributed by atoms with Gasteiger partial charge in [0.15, 0.2) is 5.01 Å². The van der Waals surface area contributed by atoms with Crippen molar-refractivity contribution >= 4 is 16.5 Å². The molecule has 0 bridgehead atoms. The second-order valence-corrected chi connectivity index (χ2v) is 3.62. The van der Waals surface area contributed by atoms with Crippen LogP contribution in [0.15, 0.2) is 24.3 Å². The van der Waals surface area contributed by atoms with E-state index >= 15 is 0 Å². The van der Waals surface area contributed by atoms with Crippen molar-refractivity contribution < 1.29 is 4.39 Å². The van der Waals surface area contributed by atoms with Crippen LogP contribution in [-0.2, 0) is 0 Å². The van der Waals surface area contributed by atoms with Crippen LogP contribution in [0.2, 0.25) is 0 Å². The first-order chi connectivity index (χ1) is 6.81. The van der Waals surface area contributed by atoms with Gasteiger partial charge in [0.05, 0.1) is 0 Å². The summed E-state index contributed by atoms with van der Waals surface area (Å²) in [5, 5.41) is 11.9.